The van der Waals surface area contributed by atoms with Crippen molar-refractivity contribution in [1.82, 2.24) is 15.2 Å². The Morgan fingerprint density at radius 3 is 2.00 bits per heavy atom. The molecule has 31 heavy (non-hydrogen) atoms. The number of pyridine rings is 1. The fraction of sp³-hybridized carbons (Fsp3) is 0.400. The van der Waals surface area contributed by atoms with Crippen LogP contribution in [0.4, 0.5) is 4.79 Å². The monoisotopic (exact) mass is 421 g/mol. The van der Waals surface area contributed by atoms with E-state index in [1.54, 1.807) is 0 Å². The van der Waals surface area contributed by atoms with E-state index >= 15 is 0 Å². The standard InChI is InChI=1S/C25H31N3O3/c1-25(2,3)28(24(30)31)17-11-5-4-10-16-26-23(29)22-18-12-6-8-14-20(18)27-21-15-9-7-13-19(21)22/h6-9,12-15H,4-5,10-11,16-17H2,1-3H3,(H,26,29)(H,30,31). The predicted molar refractivity (Wildman–Crippen MR) is 125 cm³/mol. The van der Waals surface area contributed by atoms with Crippen molar-refractivity contribution in [3.63, 3.8) is 0 Å². The molecule has 0 saturated carbocycles. The van der Waals surface area contributed by atoms with Crippen molar-refractivity contribution in [3.05, 3.63) is 54.1 Å². The van der Waals surface area contributed by atoms with Crippen LogP contribution < -0.4 is 5.32 Å². The van der Waals surface area contributed by atoms with E-state index in [0.29, 0.717) is 18.7 Å². The first kappa shape index (κ1) is 22.5. The smallest absolute Gasteiger partial charge is 0.407 e. The Bertz CT molecular complexity index is 1020. The highest BCUT2D eigenvalue weighted by molar-refractivity contribution is 6.16. The average Bonchev–Trinajstić information content (AvgIpc) is 2.72. The summed E-state index contributed by atoms with van der Waals surface area (Å²) in [6, 6.07) is 15.4. The third-order valence-electron chi connectivity index (χ3n) is 5.45. The minimum Gasteiger partial charge on any atom is -0.465 e. The summed E-state index contributed by atoms with van der Waals surface area (Å²) in [6.45, 7) is 6.83. The summed E-state index contributed by atoms with van der Waals surface area (Å²) in [5.41, 5.74) is 1.90. The normalized spacial score (nSPS) is 11.6. The van der Waals surface area contributed by atoms with Crippen LogP contribution in [0, 0.1) is 0 Å². The highest BCUT2D eigenvalue weighted by Crippen LogP contribution is 2.25. The van der Waals surface area contributed by atoms with Gasteiger partial charge in [-0.1, -0.05) is 49.2 Å². The molecular weight excluding hydrogens is 390 g/mol. The number of nitrogens with zero attached hydrogens (tertiary/aromatic N) is 2. The fourth-order valence-corrected chi connectivity index (χ4v) is 3.84. The number of carbonyl (C=O) groups excluding carboxylic acids is 1. The third kappa shape index (κ3) is 5.51. The van der Waals surface area contributed by atoms with Gasteiger partial charge in [0.05, 0.1) is 16.6 Å². The quantitative estimate of drug-likeness (QED) is 0.374. The summed E-state index contributed by atoms with van der Waals surface area (Å²) < 4.78 is 0. The number of aromatic nitrogens is 1. The Balaban J connectivity index is 1.55. The van der Waals surface area contributed by atoms with Gasteiger partial charge in [-0.05, 0) is 45.7 Å². The van der Waals surface area contributed by atoms with Gasteiger partial charge in [0, 0.05) is 29.4 Å². The molecule has 0 bridgehead atoms. The molecule has 1 aromatic heterocycles. The lowest BCUT2D eigenvalue weighted by Crippen LogP contribution is -2.45. The molecule has 0 atom stereocenters. The predicted octanol–water partition coefficient (Wildman–Crippen LogP) is 5.46. The van der Waals surface area contributed by atoms with Gasteiger partial charge in [0.2, 0.25) is 0 Å². The summed E-state index contributed by atoms with van der Waals surface area (Å²) in [6.07, 6.45) is 2.66. The van der Waals surface area contributed by atoms with Crippen LogP contribution in [0.3, 0.4) is 0 Å². The molecule has 0 fully saturated rings. The molecule has 2 aromatic carbocycles. The maximum absolute atomic E-state index is 13.0. The highest BCUT2D eigenvalue weighted by Gasteiger charge is 2.25. The van der Waals surface area contributed by atoms with Crippen molar-refractivity contribution in [2.24, 2.45) is 0 Å². The van der Waals surface area contributed by atoms with E-state index in [-0.39, 0.29) is 5.91 Å². The summed E-state index contributed by atoms with van der Waals surface area (Å²) in [5, 5.41) is 14.1. The minimum absolute atomic E-state index is 0.0837. The molecule has 2 N–H and O–H groups in total. The van der Waals surface area contributed by atoms with Gasteiger partial charge < -0.3 is 15.3 Å². The molecule has 164 valence electrons. The molecule has 2 amide bonds. The SMILES string of the molecule is CC(C)(C)N(CCCCCCNC(=O)c1c2ccccc2nc2ccccc12)C(=O)O. The maximum atomic E-state index is 13.0. The first-order chi connectivity index (χ1) is 14.8. The van der Waals surface area contributed by atoms with Crippen molar-refractivity contribution in [1.29, 1.82) is 0 Å². The van der Waals surface area contributed by atoms with Crippen LogP contribution in [0.2, 0.25) is 0 Å². The molecule has 3 aromatic rings. The Labute approximate surface area is 183 Å². The number of hydrogen-bond donors (Lipinski definition) is 2. The zero-order chi connectivity index (χ0) is 22.4. The number of para-hydroxylation sites is 2. The zero-order valence-electron chi connectivity index (χ0n) is 18.5. The number of hydrogen-bond acceptors (Lipinski definition) is 3. The molecule has 3 rings (SSSR count). The molecule has 0 unspecified atom stereocenters. The second-order valence-electron chi connectivity index (χ2n) is 8.80. The number of carboxylic acid groups (broad SMARTS) is 1. The molecule has 0 aliphatic carbocycles. The largest absolute Gasteiger partial charge is 0.465 e. The first-order valence-corrected chi connectivity index (χ1v) is 10.9. The summed E-state index contributed by atoms with van der Waals surface area (Å²) >= 11 is 0. The summed E-state index contributed by atoms with van der Waals surface area (Å²) in [7, 11) is 0. The van der Waals surface area contributed by atoms with E-state index in [1.807, 2.05) is 69.3 Å². The number of benzene rings is 2. The second-order valence-corrected chi connectivity index (χ2v) is 8.80. The molecule has 1 heterocycles. The number of rotatable bonds is 8. The van der Waals surface area contributed by atoms with Gasteiger partial charge in [-0.15, -0.1) is 0 Å². The Hall–Kier alpha value is -3.15. The molecule has 0 aliphatic rings. The van der Waals surface area contributed by atoms with Crippen LogP contribution in [0.15, 0.2) is 48.5 Å². The van der Waals surface area contributed by atoms with Crippen LogP contribution in [-0.4, -0.2) is 45.6 Å². The maximum Gasteiger partial charge on any atom is 0.407 e. The van der Waals surface area contributed by atoms with Crippen molar-refractivity contribution < 1.29 is 14.7 Å². The lowest BCUT2D eigenvalue weighted by molar-refractivity contribution is 0.0949. The lowest BCUT2D eigenvalue weighted by Gasteiger charge is -2.33. The van der Waals surface area contributed by atoms with Crippen LogP contribution in [0.1, 0.15) is 56.8 Å². The molecular formula is C25H31N3O3. The van der Waals surface area contributed by atoms with Gasteiger partial charge in [-0.3, -0.25) is 4.79 Å². The van der Waals surface area contributed by atoms with Crippen LogP contribution in [0.5, 0.6) is 0 Å². The molecule has 6 heteroatoms. The number of amides is 2. The van der Waals surface area contributed by atoms with Crippen LogP contribution >= 0.6 is 0 Å². The van der Waals surface area contributed by atoms with Gasteiger partial charge >= 0.3 is 6.09 Å². The third-order valence-corrected chi connectivity index (χ3v) is 5.45. The summed E-state index contributed by atoms with van der Waals surface area (Å²) in [5.74, 6) is -0.0837. The van der Waals surface area contributed by atoms with E-state index in [2.05, 4.69) is 10.3 Å². The fourth-order valence-electron chi connectivity index (χ4n) is 3.84. The Morgan fingerprint density at radius 1 is 0.903 bits per heavy atom. The number of unbranched alkanes of at least 4 members (excludes halogenated alkanes) is 3. The first-order valence-electron chi connectivity index (χ1n) is 10.9. The Morgan fingerprint density at radius 2 is 1.45 bits per heavy atom. The van der Waals surface area contributed by atoms with Crippen molar-refractivity contribution in [2.45, 2.75) is 52.0 Å². The number of nitrogens with one attached hydrogen (secondary N) is 1. The minimum atomic E-state index is -0.878. The van der Waals surface area contributed by atoms with Gasteiger partial charge in [0.15, 0.2) is 0 Å². The van der Waals surface area contributed by atoms with Gasteiger partial charge in [-0.25, -0.2) is 9.78 Å². The molecule has 0 radical (unpaired) electrons. The molecule has 0 aliphatic heterocycles. The number of carbonyl (C=O) groups is 2. The highest BCUT2D eigenvalue weighted by atomic mass is 16.4. The van der Waals surface area contributed by atoms with Crippen molar-refractivity contribution >= 4 is 33.8 Å². The summed E-state index contributed by atoms with van der Waals surface area (Å²) in [4.78, 5) is 30.6. The number of fused-ring (bicyclic) bond motifs is 2. The van der Waals surface area contributed by atoms with E-state index in [0.717, 1.165) is 47.5 Å². The van der Waals surface area contributed by atoms with Crippen molar-refractivity contribution in [2.75, 3.05) is 13.1 Å². The van der Waals surface area contributed by atoms with Gasteiger partial charge in [0.25, 0.3) is 5.91 Å². The lowest BCUT2D eigenvalue weighted by atomic mass is 10.0. The van der Waals surface area contributed by atoms with Crippen LogP contribution in [0.25, 0.3) is 21.8 Å². The van der Waals surface area contributed by atoms with E-state index in [9.17, 15) is 14.7 Å². The molecule has 0 saturated heterocycles. The Kier molecular flexibility index (Phi) is 7.10. The van der Waals surface area contributed by atoms with E-state index < -0.39 is 11.6 Å². The topological polar surface area (TPSA) is 82.5 Å². The van der Waals surface area contributed by atoms with Gasteiger partial charge in [-0.2, -0.15) is 0 Å². The van der Waals surface area contributed by atoms with Gasteiger partial charge in [0.1, 0.15) is 0 Å². The van der Waals surface area contributed by atoms with E-state index in [1.165, 1.54) is 4.90 Å². The zero-order valence-corrected chi connectivity index (χ0v) is 18.5. The van der Waals surface area contributed by atoms with Crippen molar-refractivity contribution in [3.8, 4) is 0 Å². The van der Waals surface area contributed by atoms with E-state index in [4.69, 9.17) is 0 Å². The van der Waals surface area contributed by atoms with Crippen LogP contribution in [-0.2, 0) is 0 Å². The second kappa shape index (κ2) is 9.77. The molecule has 0 spiro atoms. The average molecular weight is 422 g/mol. The molecule has 6 nitrogen and oxygen atoms in total.